The lowest BCUT2D eigenvalue weighted by molar-refractivity contribution is -0.126. The van der Waals surface area contributed by atoms with Crippen molar-refractivity contribution in [2.24, 2.45) is 18.7 Å². The second kappa shape index (κ2) is 10.4. The zero-order valence-electron chi connectivity index (χ0n) is 16.3. The van der Waals surface area contributed by atoms with Gasteiger partial charge < -0.3 is 15.6 Å². The smallest absolute Gasteiger partial charge is 0.262 e. The molecule has 0 radical (unpaired) electrons. The second-order valence-corrected chi connectivity index (χ2v) is 8.88. The van der Waals surface area contributed by atoms with E-state index in [0.717, 1.165) is 19.3 Å². The number of nitrogens with two attached hydrogens (primary N) is 1. The Morgan fingerprint density at radius 2 is 2.04 bits per heavy atom. The molecule has 27 heavy (non-hydrogen) atoms. The molecule has 1 atom stereocenters. The number of piperidine rings is 1. The summed E-state index contributed by atoms with van der Waals surface area (Å²) in [5, 5.41) is 3.09. The van der Waals surface area contributed by atoms with Gasteiger partial charge in [-0.05, 0) is 26.2 Å². The molecule has 1 unspecified atom stereocenters. The van der Waals surface area contributed by atoms with E-state index < -0.39 is 10.0 Å². The van der Waals surface area contributed by atoms with E-state index in [1.165, 1.54) is 10.5 Å². The highest BCUT2D eigenvalue weighted by Gasteiger charge is 2.33. The van der Waals surface area contributed by atoms with Gasteiger partial charge in [0.15, 0.2) is 5.03 Å². The summed E-state index contributed by atoms with van der Waals surface area (Å²) in [4.78, 5) is 16.6. The zero-order chi connectivity index (χ0) is 19.3. The lowest BCUT2D eigenvalue weighted by Gasteiger charge is -2.30. The second-order valence-electron chi connectivity index (χ2n) is 7.00. The number of nitrogens with zero attached hydrogens (tertiary/aromatic N) is 3. The van der Waals surface area contributed by atoms with Crippen molar-refractivity contribution in [3.63, 3.8) is 0 Å². The van der Waals surface area contributed by atoms with Crippen LogP contribution in [0.5, 0.6) is 0 Å². The number of imidazole rings is 1. The molecule has 0 saturated carbocycles. The summed E-state index contributed by atoms with van der Waals surface area (Å²) in [5.74, 6) is 0.475. The molecule has 1 saturated heterocycles. The Hall–Kier alpha value is -1.16. The third kappa shape index (κ3) is 5.91. The van der Waals surface area contributed by atoms with Crippen LogP contribution in [0.15, 0.2) is 11.2 Å². The van der Waals surface area contributed by atoms with Crippen LogP contribution in [0, 0.1) is 12.8 Å². The monoisotopic (exact) mass is 421 g/mol. The SMILES string of the molecule is CCCCC(CN)NC(=O)C1CCN(S(=O)(=O)c2cn(C)c(C)n2)CC1.Cl. The molecule has 0 spiro atoms. The molecule has 1 aliphatic rings. The number of carbonyl (C=O) groups is 1. The predicted octanol–water partition coefficient (Wildman–Crippen LogP) is 1.18. The number of sulfonamides is 1. The summed E-state index contributed by atoms with van der Waals surface area (Å²) < 4.78 is 28.5. The Labute approximate surface area is 168 Å². The van der Waals surface area contributed by atoms with Crippen molar-refractivity contribution in [2.75, 3.05) is 19.6 Å². The number of amides is 1. The van der Waals surface area contributed by atoms with Gasteiger partial charge in [-0.15, -0.1) is 12.4 Å². The first-order valence-electron chi connectivity index (χ1n) is 9.30. The maximum Gasteiger partial charge on any atom is 0.262 e. The van der Waals surface area contributed by atoms with E-state index in [0.29, 0.717) is 38.3 Å². The van der Waals surface area contributed by atoms with Gasteiger partial charge in [0, 0.05) is 44.8 Å². The molecule has 1 amide bonds. The Kier molecular flexibility index (Phi) is 9.20. The highest BCUT2D eigenvalue weighted by atomic mass is 35.5. The third-order valence-corrected chi connectivity index (χ3v) is 6.82. The Bertz CT molecular complexity index is 695. The molecule has 2 heterocycles. The highest BCUT2D eigenvalue weighted by Crippen LogP contribution is 2.23. The maximum atomic E-state index is 12.7. The molecule has 1 aromatic rings. The van der Waals surface area contributed by atoms with Crippen LogP contribution < -0.4 is 11.1 Å². The van der Waals surface area contributed by atoms with Crippen LogP contribution in [-0.2, 0) is 21.9 Å². The molecule has 8 nitrogen and oxygen atoms in total. The average molecular weight is 422 g/mol. The number of carbonyl (C=O) groups excluding carboxylic acids is 1. The Morgan fingerprint density at radius 1 is 1.41 bits per heavy atom. The van der Waals surface area contributed by atoms with Crippen LogP contribution >= 0.6 is 12.4 Å². The van der Waals surface area contributed by atoms with Crippen molar-refractivity contribution in [3.8, 4) is 0 Å². The van der Waals surface area contributed by atoms with Gasteiger partial charge in [-0.25, -0.2) is 13.4 Å². The molecule has 1 aliphatic heterocycles. The zero-order valence-corrected chi connectivity index (χ0v) is 18.0. The summed E-state index contributed by atoms with van der Waals surface area (Å²) in [6.07, 6.45) is 5.54. The van der Waals surface area contributed by atoms with E-state index in [2.05, 4.69) is 17.2 Å². The lowest BCUT2D eigenvalue weighted by atomic mass is 9.96. The number of halogens is 1. The van der Waals surface area contributed by atoms with Crippen molar-refractivity contribution < 1.29 is 13.2 Å². The molecule has 156 valence electrons. The van der Waals surface area contributed by atoms with Crippen LogP contribution in [0.2, 0.25) is 0 Å². The number of rotatable bonds is 8. The van der Waals surface area contributed by atoms with Crippen LogP contribution in [-0.4, -0.2) is 53.9 Å². The van der Waals surface area contributed by atoms with E-state index in [-0.39, 0.29) is 35.3 Å². The van der Waals surface area contributed by atoms with E-state index in [1.807, 2.05) is 0 Å². The molecule has 3 N–H and O–H groups in total. The normalized spacial score (nSPS) is 17.3. The predicted molar refractivity (Wildman–Crippen MR) is 107 cm³/mol. The van der Waals surface area contributed by atoms with Gasteiger partial charge in [-0.3, -0.25) is 4.79 Å². The number of aryl methyl sites for hydroxylation is 2. The van der Waals surface area contributed by atoms with Crippen molar-refractivity contribution in [1.82, 2.24) is 19.2 Å². The van der Waals surface area contributed by atoms with E-state index in [1.54, 1.807) is 18.5 Å². The number of unbranched alkanes of at least 4 members (excludes halogenated alkanes) is 1. The highest BCUT2D eigenvalue weighted by molar-refractivity contribution is 7.89. The van der Waals surface area contributed by atoms with Crippen molar-refractivity contribution in [1.29, 1.82) is 0 Å². The molecule has 2 rings (SSSR count). The van der Waals surface area contributed by atoms with Gasteiger partial charge in [-0.2, -0.15) is 4.31 Å². The lowest BCUT2D eigenvalue weighted by Crippen LogP contribution is -2.47. The minimum absolute atomic E-state index is 0. The van der Waals surface area contributed by atoms with Crippen molar-refractivity contribution >= 4 is 28.3 Å². The van der Waals surface area contributed by atoms with Gasteiger partial charge >= 0.3 is 0 Å². The molecule has 0 bridgehead atoms. The van der Waals surface area contributed by atoms with Crippen LogP contribution in [0.3, 0.4) is 0 Å². The van der Waals surface area contributed by atoms with Gasteiger partial charge in [0.25, 0.3) is 10.0 Å². The van der Waals surface area contributed by atoms with E-state index >= 15 is 0 Å². The summed E-state index contributed by atoms with van der Waals surface area (Å²) in [6, 6.07) is 0.000654. The van der Waals surface area contributed by atoms with E-state index in [9.17, 15) is 13.2 Å². The summed E-state index contributed by atoms with van der Waals surface area (Å²) >= 11 is 0. The van der Waals surface area contributed by atoms with Gasteiger partial charge in [0.05, 0.1) is 0 Å². The Morgan fingerprint density at radius 3 is 2.52 bits per heavy atom. The summed E-state index contributed by atoms with van der Waals surface area (Å²) in [7, 11) is -1.83. The number of hydrogen-bond acceptors (Lipinski definition) is 5. The average Bonchev–Trinajstić information content (AvgIpc) is 2.98. The Balaban J connectivity index is 0.00000364. The molecular formula is C17H32ClN5O3S. The standard InChI is InChI=1S/C17H31N5O3S.ClH/c1-4-5-6-15(11-18)20-17(23)14-7-9-22(10-8-14)26(24,25)16-12-21(3)13(2)19-16;/h12,14-15H,4-11,18H2,1-3H3,(H,20,23);1H. The fourth-order valence-electron chi connectivity index (χ4n) is 3.16. The largest absolute Gasteiger partial charge is 0.352 e. The maximum absolute atomic E-state index is 12.7. The number of nitrogens with one attached hydrogen (secondary N) is 1. The number of aromatic nitrogens is 2. The molecule has 0 aliphatic carbocycles. The summed E-state index contributed by atoms with van der Waals surface area (Å²) in [6.45, 7) is 4.96. The third-order valence-electron chi connectivity index (χ3n) is 5.05. The molecule has 10 heteroatoms. The van der Waals surface area contributed by atoms with Crippen molar-refractivity contribution in [2.45, 2.75) is 57.0 Å². The number of hydrogen-bond donors (Lipinski definition) is 2. The minimum Gasteiger partial charge on any atom is -0.352 e. The van der Waals surface area contributed by atoms with Gasteiger partial charge in [-0.1, -0.05) is 19.8 Å². The quantitative estimate of drug-likeness (QED) is 0.654. The molecular weight excluding hydrogens is 390 g/mol. The van der Waals surface area contributed by atoms with E-state index in [4.69, 9.17) is 5.73 Å². The minimum atomic E-state index is -3.60. The topological polar surface area (TPSA) is 110 Å². The first-order chi connectivity index (χ1) is 12.3. The fourth-order valence-corrected chi connectivity index (χ4v) is 4.65. The molecule has 1 aromatic heterocycles. The van der Waals surface area contributed by atoms with Gasteiger partial charge in [0.1, 0.15) is 5.82 Å². The van der Waals surface area contributed by atoms with Gasteiger partial charge in [0.2, 0.25) is 5.91 Å². The first kappa shape index (κ1) is 23.9. The summed E-state index contributed by atoms with van der Waals surface area (Å²) in [5.41, 5.74) is 5.74. The van der Waals surface area contributed by atoms with Crippen molar-refractivity contribution in [3.05, 3.63) is 12.0 Å². The first-order valence-corrected chi connectivity index (χ1v) is 10.7. The fraction of sp³-hybridized carbons (Fsp3) is 0.765. The molecule has 1 fully saturated rings. The van der Waals surface area contributed by atoms with Crippen LogP contribution in [0.1, 0.15) is 44.9 Å². The van der Waals surface area contributed by atoms with Crippen LogP contribution in [0.25, 0.3) is 0 Å². The molecule has 0 aromatic carbocycles. The van der Waals surface area contributed by atoms with Crippen LogP contribution in [0.4, 0.5) is 0 Å².